The Hall–Kier alpha value is -2.95. The topological polar surface area (TPSA) is 107 Å². The molecule has 0 spiro atoms. The highest BCUT2D eigenvalue weighted by atomic mass is 32.2. The van der Waals surface area contributed by atoms with Crippen LogP contribution in [0.2, 0.25) is 0 Å². The molecule has 2 N–H and O–H groups in total. The maximum absolute atomic E-state index is 12.0. The fourth-order valence-electron chi connectivity index (χ4n) is 2.44. The zero-order valence-corrected chi connectivity index (χ0v) is 17.8. The van der Waals surface area contributed by atoms with Crippen molar-refractivity contribution in [3.63, 3.8) is 0 Å². The van der Waals surface area contributed by atoms with E-state index < -0.39 is 10.0 Å². The van der Waals surface area contributed by atoms with Gasteiger partial charge in [0.25, 0.3) is 5.91 Å². The fourth-order valence-corrected chi connectivity index (χ4v) is 3.74. The van der Waals surface area contributed by atoms with E-state index in [1.165, 1.54) is 11.3 Å². The molecular formula is C20H21N3O5S2. The van der Waals surface area contributed by atoms with Crippen LogP contribution in [0.15, 0.2) is 60.0 Å². The van der Waals surface area contributed by atoms with E-state index in [1.807, 2.05) is 35.7 Å². The van der Waals surface area contributed by atoms with Crippen LogP contribution in [0, 0.1) is 0 Å². The third-order valence-electron chi connectivity index (χ3n) is 3.71. The van der Waals surface area contributed by atoms with Gasteiger partial charge in [0.15, 0.2) is 5.13 Å². The van der Waals surface area contributed by atoms with E-state index in [9.17, 15) is 13.2 Å². The third kappa shape index (κ3) is 7.14. The second-order valence-corrected chi connectivity index (χ2v) is 8.86. The second kappa shape index (κ2) is 10.2. The Labute approximate surface area is 178 Å². The Balaban J connectivity index is 1.42. The lowest BCUT2D eigenvalue weighted by Crippen LogP contribution is -2.20. The SMILES string of the molecule is CS(=O)(=O)Nc1ccc(-c2csc(NC(=O)COCCOc3ccccc3)n2)cc1. The molecule has 30 heavy (non-hydrogen) atoms. The first-order valence-electron chi connectivity index (χ1n) is 8.98. The number of ether oxygens (including phenoxy) is 2. The van der Waals surface area contributed by atoms with Gasteiger partial charge in [-0.3, -0.25) is 14.8 Å². The van der Waals surface area contributed by atoms with Crippen LogP contribution in [0.1, 0.15) is 0 Å². The number of hydrogen-bond acceptors (Lipinski definition) is 7. The summed E-state index contributed by atoms with van der Waals surface area (Å²) >= 11 is 1.29. The number of sulfonamides is 1. The van der Waals surface area contributed by atoms with Crippen molar-refractivity contribution in [2.75, 3.05) is 36.1 Å². The van der Waals surface area contributed by atoms with Crippen LogP contribution in [-0.4, -0.2) is 45.4 Å². The van der Waals surface area contributed by atoms with E-state index in [-0.39, 0.29) is 12.5 Å². The minimum Gasteiger partial charge on any atom is -0.491 e. The molecule has 0 unspecified atom stereocenters. The Kier molecular flexibility index (Phi) is 7.39. The van der Waals surface area contributed by atoms with Crippen molar-refractivity contribution in [1.82, 2.24) is 4.98 Å². The summed E-state index contributed by atoms with van der Waals surface area (Å²) in [7, 11) is -3.32. The highest BCUT2D eigenvalue weighted by molar-refractivity contribution is 7.92. The van der Waals surface area contributed by atoms with Crippen LogP contribution in [-0.2, 0) is 19.6 Å². The zero-order chi connectivity index (χ0) is 21.4. The number of para-hydroxylation sites is 1. The van der Waals surface area contributed by atoms with Crippen molar-refractivity contribution in [2.45, 2.75) is 0 Å². The van der Waals surface area contributed by atoms with Gasteiger partial charge in [-0.15, -0.1) is 11.3 Å². The minimum atomic E-state index is -3.32. The summed E-state index contributed by atoms with van der Waals surface area (Å²) in [5.74, 6) is 0.448. The smallest absolute Gasteiger partial charge is 0.252 e. The first-order valence-corrected chi connectivity index (χ1v) is 11.8. The van der Waals surface area contributed by atoms with Crippen LogP contribution >= 0.6 is 11.3 Å². The summed E-state index contributed by atoms with van der Waals surface area (Å²) in [6.45, 7) is 0.543. The summed E-state index contributed by atoms with van der Waals surface area (Å²) in [4.78, 5) is 16.4. The lowest BCUT2D eigenvalue weighted by molar-refractivity contribution is -0.120. The maximum Gasteiger partial charge on any atom is 0.252 e. The molecule has 8 nitrogen and oxygen atoms in total. The molecule has 0 saturated carbocycles. The lowest BCUT2D eigenvalue weighted by atomic mass is 10.1. The molecule has 1 heterocycles. The number of benzene rings is 2. The Morgan fingerprint density at radius 3 is 2.50 bits per heavy atom. The average molecular weight is 448 g/mol. The van der Waals surface area contributed by atoms with Gasteiger partial charge < -0.3 is 9.47 Å². The number of carbonyl (C=O) groups is 1. The second-order valence-electron chi connectivity index (χ2n) is 6.25. The molecule has 10 heteroatoms. The molecule has 1 amide bonds. The van der Waals surface area contributed by atoms with Crippen molar-refractivity contribution >= 4 is 38.1 Å². The summed E-state index contributed by atoms with van der Waals surface area (Å²) < 4.78 is 35.7. The highest BCUT2D eigenvalue weighted by Crippen LogP contribution is 2.26. The number of nitrogens with zero attached hydrogens (tertiary/aromatic N) is 1. The molecule has 0 aliphatic heterocycles. The monoisotopic (exact) mass is 447 g/mol. The first kappa shape index (κ1) is 21.8. The number of nitrogens with one attached hydrogen (secondary N) is 2. The fraction of sp³-hybridized carbons (Fsp3) is 0.200. The van der Waals surface area contributed by atoms with Crippen LogP contribution in [0.25, 0.3) is 11.3 Å². The summed E-state index contributed by atoms with van der Waals surface area (Å²) in [5.41, 5.74) is 1.96. The number of thiazole rings is 1. The molecule has 158 valence electrons. The summed E-state index contributed by atoms with van der Waals surface area (Å²) in [6.07, 6.45) is 1.09. The summed E-state index contributed by atoms with van der Waals surface area (Å²) in [5, 5.41) is 4.96. The molecule has 0 atom stereocenters. The Bertz CT molecular complexity index is 1070. The highest BCUT2D eigenvalue weighted by Gasteiger charge is 2.09. The van der Waals surface area contributed by atoms with E-state index in [2.05, 4.69) is 15.0 Å². The quantitative estimate of drug-likeness (QED) is 0.462. The molecule has 3 rings (SSSR count). The van der Waals surface area contributed by atoms with Crippen LogP contribution < -0.4 is 14.8 Å². The lowest BCUT2D eigenvalue weighted by Gasteiger charge is -2.06. The van der Waals surface area contributed by atoms with Gasteiger partial charge in [-0.05, 0) is 24.3 Å². The zero-order valence-electron chi connectivity index (χ0n) is 16.2. The number of hydrogen-bond donors (Lipinski definition) is 2. The van der Waals surface area contributed by atoms with Crippen LogP contribution in [0.4, 0.5) is 10.8 Å². The molecule has 0 aliphatic rings. The molecular weight excluding hydrogens is 426 g/mol. The average Bonchev–Trinajstić information content (AvgIpc) is 3.16. The normalized spacial score (nSPS) is 11.1. The van der Waals surface area contributed by atoms with Crippen molar-refractivity contribution in [2.24, 2.45) is 0 Å². The third-order valence-corrected chi connectivity index (χ3v) is 5.07. The van der Waals surface area contributed by atoms with Crippen molar-refractivity contribution in [1.29, 1.82) is 0 Å². The number of carbonyl (C=O) groups excluding carboxylic acids is 1. The molecule has 0 radical (unpaired) electrons. The molecule has 1 aromatic heterocycles. The summed E-state index contributed by atoms with van der Waals surface area (Å²) in [6, 6.07) is 16.2. The molecule has 0 fully saturated rings. The molecule has 2 aromatic carbocycles. The number of amides is 1. The van der Waals surface area contributed by atoms with E-state index in [0.717, 1.165) is 17.6 Å². The predicted molar refractivity (Wildman–Crippen MR) is 117 cm³/mol. The van der Waals surface area contributed by atoms with Gasteiger partial charge >= 0.3 is 0 Å². The number of aromatic nitrogens is 1. The first-order chi connectivity index (χ1) is 14.4. The molecule has 0 aliphatic carbocycles. The Morgan fingerprint density at radius 2 is 1.80 bits per heavy atom. The van der Waals surface area contributed by atoms with E-state index in [1.54, 1.807) is 24.3 Å². The van der Waals surface area contributed by atoms with Crippen LogP contribution in [0.5, 0.6) is 5.75 Å². The van der Waals surface area contributed by atoms with Gasteiger partial charge in [-0.2, -0.15) is 0 Å². The van der Waals surface area contributed by atoms with Crippen molar-refractivity contribution < 1.29 is 22.7 Å². The van der Waals surface area contributed by atoms with Gasteiger partial charge in [0.05, 0.1) is 18.6 Å². The van der Waals surface area contributed by atoms with Crippen LogP contribution in [0.3, 0.4) is 0 Å². The van der Waals surface area contributed by atoms with Crippen molar-refractivity contribution in [3.05, 3.63) is 60.0 Å². The number of anilines is 2. The van der Waals surface area contributed by atoms with E-state index in [4.69, 9.17) is 9.47 Å². The van der Waals surface area contributed by atoms with Gasteiger partial charge in [0, 0.05) is 16.6 Å². The molecule has 0 bridgehead atoms. The van der Waals surface area contributed by atoms with Gasteiger partial charge in [0.2, 0.25) is 10.0 Å². The predicted octanol–water partition coefficient (Wildman–Crippen LogP) is 3.22. The van der Waals surface area contributed by atoms with Gasteiger partial charge in [0.1, 0.15) is 19.0 Å². The van der Waals surface area contributed by atoms with E-state index >= 15 is 0 Å². The number of rotatable bonds is 10. The molecule has 3 aromatic rings. The maximum atomic E-state index is 12.0. The minimum absolute atomic E-state index is 0.0983. The van der Waals surface area contributed by atoms with Gasteiger partial charge in [-0.25, -0.2) is 13.4 Å². The standard InChI is InChI=1S/C20H21N3O5S2/c1-30(25,26)23-16-9-7-15(8-10-16)18-14-29-20(21-18)22-19(24)13-27-11-12-28-17-5-3-2-4-6-17/h2-10,14,23H,11-13H2,1H3,(H,21,22,24). The largest absolute Gasteiger partial charge is 0.491 e. The van der Waals surface area contributed by atoms with E-state index in [0.29, 0.717) is 29.7 Å². The Morgan fingerprint density at radius 1 is 1.07 bits per heavy atom. The van der Waals surface area contributed by atoms with Crippen molar-refractivity contribution in [3.8, 4) is 17.0 Å². The molecule has 0 saturated heterocycles. The van der Waals surface area contributed by atoms with Gasteiger partial charge in [-0.1, -0.05) is 30.3 Å².